The predicted molar refractivity (Wildman–Crippen MR) is 101 cm³/mol. The summed E-state index contributed by atoms with van der Waals surface area (Å²) in [6, 6.07) is 18.9. The molecule has 0 spiro atoms. The molecule has 2 aromatic carbocycles. The van der Waals surface area contributed by atoms with Crippen molar-refractivity contribution < 1.29 is 4.42 Å². The number of aromatic nitrogens is 1. The molecule has 0 unspecified atom stereocenters. The third-order valence-corrected chi connectivity index (χ3v) is 5.01. The maximum absolute atomic E-state index is 6.21. The second kappa shape index (κ2) is 5.21. The van der Waals surface area contributed by atoms with Crippen LogP contribution >= 0.6 is 0 Å². The first kappa shape index (κ1) is 14.3. The van der Waals surface area contributed by atoms with Crippen LogP contribution in [0.4, 0.5) is 0 Å². The molecular formula is C22H18N2O. The molecule has 0 amide bonds. The number of aryl methyl sites for hydroxylation is 2. The van der Waals surface area contributed by atoms with Gasteiger partial charge in [-0.1, -0.05) is 30.3 Å². The minimum absolute atomic E-state index is 0.662. The van der Waals surface area contributed by atoms with E-state index in [0.29, 0.717) is 6.54 Å². The highest BCUT2D eigenvalue weighted by atomic mass is 16.3. The van der Waals surface area contributed by atoms with Crippen molar-refractivity contribution in [2.45, 2.75) is 20.4 Å². The van der Waals surface area contributed by atoms with E-state index in [9.17, 15) is 0 Å². The van der Waals surface area contributed by atoms with Gasteiger partial charge in [-0.05, 0) is 49.2 Å². The van der Waals surface area contributed by atoms with Crippen LogP contribution in [0.3, 0.4) is 0 Å². The Hall–Kier alpha value is -3.07. The van der Waals surface area contributed by atoms with Crippen molar-refractivity contribution in [3.8, 4) is 5.69 Å². The number of aliphatic imine (C=N–C) groups is 1. The fraction of sp³-hybridized carbons (Fsp3) is 0.136. The van der Waals surface area contributed by atoms with E-state index in [4.69, 9.17) is 9.41 Å². The fourth-order valence-electron chi connectivity index (χ4n) is 3.67. The van der Waals surface area contributed by atoms with Gasteiger partial charge in [-0.15, -0.1) is 0 Å². The van der Waals surface area contributed by atoms with Crippen LogP contribution in [0.15, 0.2) is 70.2 Å². The van der Waals surface area contributed by atoms with Crippen LogP contribution in [-0.2, 0) is 6.54 Å². The molecule has 3 heteroatoms. The Labute approximate surface area is 146 Å². The summed E-state index contributed by atoms with van der Waals surface area (Å²) < 4.78 is 8.42. The van der Waals surface area contributed by atoms with Gasteiger partial charge in [0.25, 0.3) is 0 Å². The average Bonchev–Trinajstić information content (AvgIpc) is 3.22. The van der Waals surface area contributed by atoms with E-state index in [1.54, 1.807) is 0 Å². The highest BCUT2D eigenvalue weighted by Crippen LogP contribution is 2.30. The van der Waals surface area contributed by atoms with E-state index in [-0.39, 0.29) is 0 Å². The summed E-state index contributed by atoms with van der Waals surface area (Å²) in [4.78, 5) is 4.94. The third kappa shape index (κ3) is 2.09. The highest BCUT2D eigenvalue weighted by molar-refractivity contribution is 6.12. The lowest BCUT2D eigenvalue weighted by atomic mass is 10.1. The molecule has 0 fully saturated rings. The largest absolute Gasteiger partial charge is 0.454 e. The predicted octanol–water partition coefficient (Wildman–Crippen LogP) is 5.19. The Balaban J connectivity index is 1.75. The van der Waals surface area contributed by atoms with Gasteiger partial charge in [0.05, 0.1) is 17.9 Å². The Morgan fingerprint density at radius 3 is 2.68 bits per heavy atom. The number of hydrogen-bond donors (Lipinski definition) is 0. The van der Waals surface area contributed by atoms with Gasteiger partial charge in [-0.2, -0.15) is 0 Å². The first-order chi connectivity index (χ1) is 12.2. The number of furan rings is 1. The molecule has 2 aromatic heterocycles. The Morgan fingerprint density at radius 2 is 1.80 bits per heavy atom. The van der Waals surface area contributed by atoms with Crippen molar-refractivity contribution in [2.24, 2.45) is 4.99 Å². The molecule has 3 nitrogen and oxygen atoms in total. The van der Waals surface area contributed by atoms with Gasteiger partial charge in [0.2, 0.25) is 0 Å². The van der Waals surface area contributed by atoms with E-state index < -0.39 is 0 Å². The first-order valence-electron chi connectivity index (χ1n) is 8.53. The summed E-state index contributed by atoms with van der Waals surface area (Å²) in [5.74, 6) is 0.828. The zero-order valence-electron chi connectivity index (χ0n) is 14.3. The Morgan fingerprint density at radius 1 is 0.960 bits per heavy atom. The van der Waals surface area contributed by atoms with Gasteiger partial charge >= 0.3 is 0 Å². The van der Waals surface area contributed by atoms with E-state index in [2.05, 4.69) is 79.2 Å². The zero-order valence-corrected chi connectivity index (χ0v) is 14.3. The molecular weight excluding hydrogens is 308 g/mol. The molecule has 4 aromatic rings. The second-order valence-electron chi connectivity index (χ2n) is 6.60. The van der Waals surface area contributed by atoms with Crippen molar-refractivity contribution in [1.29, 1.82) is 0 Å². The summed E-state index contributed by atoms with van der Waals surface area (Å²) in [5.41, 5.74) is 7.80. The summed E-state index contributed by atoms with van der Waals surface area (Å²) in [6.07, 6.45) is 2.10. The molecule has 1 aliphatic heterocycles. The second-order valence-corrected chi connectivity index (χ2v) is 6.60. The van der Waals surface area contributed by atoms with E-state index in [0.717, 1.165) is 33.7 Å². The normalized spacial score (nSPS) is 13.3. The number of hydrogen-bond acceptors (Lipinski definition) is 2. The monoisotopic (exact) mass is 326 g/mol. The van der Waals surface area contributed by atoms with Gasteiger partial charge in [-0.25, -0.2) is 0 Å². The molecule has 1 aliphatic rings. The first-order valence-corrected chi connectivity index (χ1v) is 8.53. The van der Waals surface area contributed by atoms with Crippen LogP contribution in [0, 0.1) is 13.8 Å². The lowest BCUT2D eigenvalue weighted by Crippen LogP contribution is -2.07. The number of nitrogens with zero attached hydrogens (tertiary/aromatic N) is 2. The van der Waals surface area contributed by atoms with Gasteiger partial charge < -0.3 is 8.98 Å². The van der Waals surface area contributed by atoms with Gasteiger partial charge in [0.1, 0.15) is 11.3 Å². The molecule has 0 saturated heterocycles. The molecule has 122 valence electrons. The molecule has 3 heterocycles. The van der Waals surface area contributed by atoms with Crippen LogP contribution < -0.4 is 0 Å². The van der Waals surface area contributed by atoms with Crippen molar-refractivity contribution in [3.63, 3.8) is 0 Å². The topological polar surface area (TPSA) is 30.4 Å². The maximum Gasteiger partial charge on any atom is 0.155 e. The van der Waals surface area contributed by atoms with E-state index in [1.807, 2.05) is 0 Å². The number of para-hydroxylation sites is 1. The minimum Gasteiger partial charge on any atom is -0.454 e. The lowest BCUT2D eigenvalue weighted by molar-refractivity contribution is 0.602. The van der Waals surface area contributed by atoms with Crippen LogP contribution in [0.5, 0.6) is 0 Å². The van der Waals surface area contributed by atoms with Gasteiger partial charge in [-0.3, -0.25) is 4.99 Å². The summed E-state index contributed by atoms with van der Waals surface area (Å²) in [7, 11) is 0. The van der Waals surface area contributed by atoms with Gasteiger partial charge in [0.15, 0.2) is 5.76 Å². The SMILES string of the molecule is Cc1cccc2c1CN=C(c1cc3cccc(C)c3o1)c1cccn1-2. The Kier molecular flexibility index (Phi) is 2.98. The van der Waals surface area contributed by atoms with Crippen molar-refractivity contribution in [2.75, 3.05) is 0 Å². The average molecular weight is 326 g/mol. The van der Waals surface area contributed by atoms with Crippen molar-refractivity contribution in [3.05, 3.63) is 88.9 Å². The standard InChI is InChI=1S/C22H18N2O/c1-14-6-4-9-18-17(14)13-23-21(19-10-5-11-24(18)19)20-12-16-8-3-7-15(2)22(16)25-20/h3-12H,13H2,1-2H3. The molecule has 0 saturated carbocycles. The summed E-state index contributed by atoms with van der Waals surface area (Å²) >= 11 is 0. The smallest absolute Gasteiger partial charge is 0.155 e. The molecule has 0 atom stereocenters. The number of rotatable bonds is 1. The van der Waals surface area contributed by atoms with Crippen LogP contribution in [0.1, 0.15) is 28.1 Å². The Bertz CT molecular complexity index is 1140. The fourth-order valence-corrected chi connectivity index (χ4v) is 3.67. The molecule has 0 bridgehead atoms. The third-order valence-electron chi connectivity index (χ3n) is 5.01. The van der Waals surface area contributed by atoms with E-state index in [1.165, 1.54) is 16.8 Å². The molecule has 0 aliphatic carbocycles. The number of fused-ring (bicyclic) bond motifs is 4. The molecule has 5 rings (SSSR count). The van der Waals surface area contributed by atoms with Crippen molar-refractivity contribution >= 4 is 16.7 Å². The zero-order chi connectivity index (χ0) is 17.0. The van der Waals surface area contributed by atoms with E-state index >= 15 is 0 Å². The number of benzene rings is 2. The minimum atomic E-state index is 0.662. The molecule has 0 N–H and O–H groups in total. The lowest BCUT2D eigenvalue weighted by Gasteiger charge is -2.11. The summed E-state index contributed by atoms with van der Waals surface area (Å²) in [5, 5.41) is 1.12. The quantitative estimate of drug-likeness (QED) is 0.473. The van der Waals surface area contributed by atoms with Crippen LogP contribution in [0.25, 0.3) is 16.7 Å². The van der Waals surface area contributed by atoms with Crippen LogP contribution in [-0.4, -0.2) is 10.3 Å². The highest BCUT2D eigenvalue weighted by Gasteiger charge is 2.21. The maximum atomic E-state index is 6.21. The van der Waals surface area contributed by atoms with Crippen LogP contribution in [0.2, 0.25) is 0 Å². The molecule has 0 radical (unpaired) electrons. The van der Waals surface area contributed by atoms with Gasteiger partial charge in [0, 0.05) is 17.1 Å². The molecule has 25 heavy (non-hydrogen) atoms. The summed E-state index contributed by atoms with van der Waals surface area (Å²) in [6.45, 7) is 4.88. The van der Waals surface area contributed by atoms with Crippen molar-refractivity contribution in [1.82, 2.24) is 4.57 Å².